The quantitative estimate of drug-likeness (QED) is 0.471. The van der Waals surface area contributed by atoms with E-state index in [9.17, 15) is 13.2 Å². The molecule has 1 fully saturated rings. The van der Waals surface area contributed by atoms with Crippen LogP contribution < -0.4 is 9.62 Å². The minimum atomic E-state index is -3.84. The number of benzene rings is 2. The number of pyridine rings is 1. The van der Waals surface area contributed by atoms with Crippen molar-refractivity contribution >= 4 is 49.0 Å². The number of nitrogens with zero attached hydrogens (tertiary/aromatic N) is 4. The summed E-state index contributed by atoms with van der Waals surface area (Å²) in [6.45, 7) is 2.69. The highest BCUT2D eigenvalue weighted by molar-refractivity contribution is 7.93. The Hall–Kier alpha value is -3.50. The minimum Gasteiger partial charge on any atom is -0.345 e. The second-order valence-electron chi connectivity index (χ2n) is 7.61. The number of para-hydroxylation sites is 1. The minimum absolute atomic E-state index is 0.0681. The van der Waals surface area contributed by atoms with Crippen LogP contribution in [-0.2, 0) is 10.0 Å². The molecule has 0 spiro atoms. The molecule has 8 nitrogen and oxygen atoms in total. The van der Waals surface area contributed by atoms with Crippen LogP contribution in [-0.4, -0.2) is 55.4 Å². The Bertz CT molecular complexity index is 1380. The van der Waals surface area contributed by atoms with Crippen LogP contribution in [0.3, 0.4) is 0 Å². The topological polar surface area (TPSA) is 95.5 Å². The lowest BCUT2D eigenvalue weighted by atomic mass is 10.1. The van der Waals surface area contributed by atoms with Crippen molar-refractivity contribution in [2.24, 2.45) is 0 Å². The van der Waals surface area contributed by atoms with E-state index in [0.29, 0.717) is 29.9 Å². The molecule has 2 aromatic carbocycles. The third kappa shape index (κ3) is 4.39. The zero-order valence-electron chi connectivity index (χ0n) is 17.6. The second-order valence-corrected chi connectivity index (χ2v) is 10.1. The van der Waals surface area contributed by atoms with Crippen LogP contribution >= 0.6 is 11.3 Å². The number of amides is 1. The van der Waals surface area contributed by atoms with Crippen molar-refractivity contribution in [2.75, 3.05) is 35.8 Å². The number of hydrogen-bond acceptors (Lipinski definition) is 7. The first-order valence-corrected chi connectivity index (χ1v) is 12.8. The number of sulfonamides is 1. The Morgan fingerprint density at radius 3 is 2.39 bits per heavy atom. The molecule has 1 saturated heterocycles. The standard InChI is InChI=1S/C23H21N5O3S2/c29-22(27-12-14-28(15-13-27)23-25-11-16-32-23)18-6-8-19(9-7-18)26-33(30,31)20-5-1-3-17-4-2-10-24-21(17)20/h1-11,16,26H,12-15H2. The van der Waals surface area contributed by atoms with Gasteiger partial charge in [0.2, 0.25) is 0 Å². The first-order chi connectivity index (χ1) is 16.0. The summed E-state index contributed by atoms with van der Waals surface area (Å²) in [7, 11) is -3.84. The largest absolute Gasteiger partial charge is 0.345 e. The number of anilines is 2. The van der Waals surface area contributed by atoms with E-state index in [-0.39, 0.29) is 10.8 Å². The van der Waals surface area contributed by atoms with Crippen molar-refractivity contribution in [1.82, 2.24) is 14.9 Å². The second kappa shape index (κ2) is 8.80. The Morgan fingerprint density at radius 2 is 1.67 bits per heavy atom. The van der Waals surface area contributed by atoms with E-state index in [0.717, 1.165) is 23.6 Å². The Labute approximate surface area is 195 Å². The highest BCUT2D eigenvalue weighted by Crippen LogP contribution is 2.24. The molecule has 1 amide bonds. The van der Waals surface area contributed by atoms with Crippen LogP contribution in [0.4, 0.5) is 10.8 Å². The van der Waals surface area contributed by atoms with Gasteiger partial charge >= 0.3 is 0 Å². The van der Waals surface area contributed by atoms with Crippen LogP contribution in [0.2, 0.25) is 0 Å². The molecule has 0 radical (unpaired) electrons. The van der Waals surface area contributed by atoms with E-state index in [1.54, 1.807) is 60.1 Å². The Kier molecular flexibility index (Phi) is 5.69. The maximum atomic E-state index is 13.0. The fourth-order valence-electron chi connectivity index (χ4n) is 3.84. The lowest BCUT2D eigenvalue weighted by Gasteiger charge is -2.34. The molecule has 4 aromatic rings. The van der Waals surface area contributed by atoms with Crippen LogP contribution in [0.1, 0.15) is 10.4 Å². The van der Waals surface area contributed by atoms with Crippen molar-refractivity contribution in [3.8, 4) is 0 Å². The highest BCUT2D eigenvalue weighted by Gasteiger charge is 2.24. The summed E-state index contributed by atoms with van der Waals surface area (Å²) < 4.78 is 28.5. The molecule has 5 rings (SSSR count). The fourth-order valence-corrected chi connectivity index (χ4v) is 5.78. The Balaban J connectivity index is 1.27. The molecule has 0 unspecified atom stereocenters. The van der Waals surface area contributed by atoms with E-state index >= 15 is 0 Å². The van der Waals surface area contributed by atoms with Crippen molar-refractivity contribution < 1.29 is 13.2 Å². The van der Waals surface area contributed by atoms with Gasteiger partial charge in [0.05, 0.1) is 5.52 Å². The van der Waals surface area contributed by atoms with E-state index in [1.165, 1.54) is 6.07 Å². The van der Waals surface area contributed by atoms with Crippen molar-refractivity contribution in [3.63, 3.8) is 0 Å². The van der Waals surface area contributed by atoms with Crippen LogP contribution in [0.15, 0.2) is 77.3 Å². The van der Waals surface area contributed by atoms with Gasteiger partial charge in [-0.2, -0.15) is 0 Å². The predicted octanol–water partition coefficient (Wildman–Crippen LogP) is 3.45. The van der Waals surface area contributed by atoms with E-state index in [4.69, 9.17) is 0 Å². The fraction of sp³-hybridized carbons (Fsp3) is 0.174. The van der Waals surface area contributed by atoms with Gasteiger partial charge in [-0.15, -0.1) is 11.3 Å². The van der Waals surface area contributed by atoms with Gasteiger partial charge in [-0.05, 0) is 36.4 Å². The monoisotopic (exact) mass is 479 g/mol. The number of carbonyl (C=O) groups is 1. The zero-order chi connectivity index (χ0) is 22.8. The molecule has 1 aliphatic rings. The van der Waals surface area contributed by atoms with Crippen molar-refractivity contribution in [1.29, 1.82) is 0 Å². The van der Waals surface area contributed by atoms with E-state index in [1.807, 2.05) is 22.4 Å². The molecule has 1 N–H and O–H groups in total. The van der Waals surface area contributed by atoms with E-state index < -0.39 is 10.0 Å². The van der Waals surface area contributed by atoms with Gasteiger partial charge < -0.3 is 9.80 Å². The van der Waals surface area contributed by atoms with E-state index in [2.05, 4.69) is 19.6 Å². The third-order valence-electron chi connectivity index (χ3n) is 5.53. The number of hydrogen-bond donors (Lipinski definition) is 1. The molecule has 10 heteroatoms. The van der Waals surface area contributed by atoms with Gasteiger partial charge in [0, 0.05) is 60.6 Å². The van der Waals surface area contributed by atoms with Gasteiger partial charge in [-0.25, -0.2) is 13.4 Å². The van der Waals surface area contributed by atoms with Gasteiger partial charge in [0.1, 0.15) is 4.90 Å². The SMILES string of the molecule is O=C(c1ccc(NS(=O)(=O)c2cccc3cccnc23)cc1)N1CCN(c2nccs2)CC1. The highest BCUT2D eigenvalue weighted by atomic mass is 32.2. The maximum Gasteiger partial charge on any atom is 0.264 e. The van der Waals surface area contributed by atoms with Gasteiger partial charge in [-0.1, -0.05) is 18.2 Å². The summed E-state index contributed by atoms with van der Waals surface area (Å²) in [5, 5.41) is 3.66. The smallest absolute Gasteiger partial charge is 0.264 e. The molecular weight excluding hydrogens is 458 g/mol. The number of fused-ring (bicyclic) bond motifs is 1. The van der Waals surface area contributed by atoms with Crippen LogP contribution in [0.25, 0.3) is 10.9 Å². The molecule has 0 saturated carbocycles. The molecule has 168 valence electrons. The summed E-state index contributed by atoms with van der Waals surface area (Å²) >= 11 is 1.59. The molecular formula is C23H21N5O3S2. The maximum absolute atomic E-state index is 13.0. The summed E-state index contributed by atoms with van der Waals surface area (Å²) in [6, 6.07) is 15.1. The normalized spacial score (nSPS) is 14.4. The van der Waals surface area contributed by atoms with Gasteiger partial charge in [0.15, 0.2) is 5.13 Å². The average molecular weight is 480 g/mol. The summed E-state index contributed by atoms with van der Waals surface area (Å²) in [6.07, 6.45) is 3.35. The molecule has 0 atom stereocenters. The van der Waals surface area contributed by atoms with Crippen LogP contribution in [0, 0.1) is 0 Å². The first-order valence-electron chi connectivity index (χ1n) is 10.4. The lowest BCUT2D eigenvalue weighted by molar-refractivity contribution is 0.0747. The molecule has 3 heterocycles. The van der Waals surface area contributed by atoms with Crippen molar-refractivity contribution in [3.05, 3.63) is 77.9 Å². The number of rotatable bonds is 5. The van der Waals surface area contributed by atoms with Crippen molar-refractivity contribution in [2.45, 2.75) is 4.90 Å². The molecule has 0 aliphatic carbocycles. The van der Waals surface area contributed by atoms with Gasteiger partial charge in [-0.3, -0.25) is 14.5 Å². The average Bonchev–Trinajstić information content (AvgIpc) is 3.39. The third-order valence-corrected chi connectivity index (χ3v) is 7.77. The zero-order valence-corrected chi connectivity index (χ0v) is 19.2. The number of thiazole rings is 1. The summed E-state index contributed by atoms with van der Waals surface area (Å²) in [4.78, 5) is 25.6. The molecule has 0 bridgehead atoms. The Morgan fingerprint density at radius 1 is 0.909 bits per heavy atom. The lowest BCUT2D eigenvalue weighted by Crippen LogP contribution is -2.48. The van der Waals surface area contributed by atoms with Crippen LogP contribution in [0.5, 0.6) is 0 Å². The molecule has 1 aliphatic heterocycles. The predicted molar refractivity (Wildman–Crippen MR) is 129 cm³/mol. The number of piperazine rings is 1. The number of aromatic nitrogens is 2. The summed E-state index contributed by atoms with van der Waals surface area (Å²) in [5.74, 6) is -0.0681. The first kappa shape index (κ1) is 21.4. The number of carbonyl (C=O) groups excluding carboxylic acids is 1. The summed E-state index contributed by atoms with van der Waals surface area (Å²) in [5.41, 5.74) is 1.32. The molecule has 33 heavy (non-hydrogen) atoms. The molecule has 2 aromatic heterocycles. The van der Waals surface area contributed by atoms with Gasteiger partial charge in [0.25, 0.3) is 15.9 Å². The number of nitrogens with one attached hydrogen (secondary N) is 1.